The normalized spacial score (nSPS) is 12.8. The van der Waals surface area contributed by atoms with Gasteiger partial charge in [0.15, 0.2) is 0 Å². The first-order chi connectivity index (χ1) is 7.58. The van der Waals surface area contributed by atoms with E-state index >= 15 is 0 Å². The van der Waals surface area contributed by atoms with Crippen molar-refractivity contribution in [3.63, 3.8) is 0 Å². The lowest BCUT2D eigenvalue weighted by atomic mass is 10.1. The Hall–Kier alpha value is -0.420. The largest absolute Gasteiger partial charge is 0.383 e. The van der Waals surface area contributed by atoms with Crippen molar-refractivity contribution >= 4 is 38.9 Å². The molecule has 0 amide bonds. The van der Waals surface area contributed by atoms with E-state index in [1.807, 2.05) is 5.38 Å². The second-order valence-electron chi connectivity index (χ2n) is 3.24. The van der Waals surface area contributed by atoms with E-state index in [1.165, 1.54) is 23.5 Å². The molecule has 1 nitrogen and oxygen atoms in total. The van der Waals surface area contributed by atoms with Crippen LogP contribution in [0.5, 0.6) is 0 Å². The monoisotopic (exact) mass is 320 g/mol. The predicted molar refractivity (Wildman–Crippen MR) is 67.5 cm³/mol. The molecule has 1 heterocycles. The highest BCUT2D eigenvalue weighted by molar-refractivity contribution is 9.10. The molecule has 0 aliphatic heterocycles. The minimum Gasteiger partial charge on any atom is -0.383 e. The molecular weight excluding hydrogens is 315 g/mol. The fraction of sp³-hybridized carbons (Fsp3) is 0.0909. The van der Waals surface area contributed by atoms with Gasteiger partial charge in [-0.2, -0.15) is 0 Å². The molecule has 0 aliphatic rings. The van der Waals surface area contributed by atoms with Gasteiger partial charge in [-0.15, -0.1) is 11.3 Å². The molecule has 0 saturated heterocycles. The average Bonchev–Trinajstić information content (AvgIpc) is 2.64. The number of rotatable bonds is 2. The lowest BCUT2D eigenvalue weighted by Crippen LogP contribution is -2.00. The summed E-state index contributed by atoms with van der Waals surface area (Å²) in [5.41, 5.74) is 0.235. The van der Waals surface area contributed by atoms with Crippen molar-refractivity contribution in [2.45, 2.75) is 6.10 Å². The maximum Gasteiger partial charge on any atom is 0.130 e. The zero-order valence-corrected chi connectivity index (χ0v) is 11.1. The number of aliphatic hydroxyl groups excluding tert-OH is 1. The molecule has 1 aromatic heterocycles. The molecule has 2 rings (SSSR count). The molecule has 2 aromatic rings. The molecule has 0 saturated carbocycles. The van der Waals surface area contributed by atoms with Gasteiger partial charge in [-0.05, 0) is 34.1 Å². The van der Waals surface area contributed by atoms with E-state index in [0.29, 0.717) is 9.90 Å². The molecule has 1 unspecified atom stereocenters. The minimum absolute atomic E-state index is 0.235. The van der Waals surface area contributed by atoms with Gasteiger partial charge in [-0.1, -0.05) is 17.7 Å². The number of halogens is 3. The molecule has 0 aliphatic carbocycles. The lowest BCUT2D eigenvalue weighted by Gasteiger charge is -2.09. The van der Waals surface area contributed by atoms with E-state index < -0.39 is 11.9 Å². The Kier molecular flexibility index (Phi) is 3.64. The van der Waals surface area contributed by atoms with Crippen LogP contribution in [0.4, 0.5) is 4.39 Å². The quantitative estimate of drug-likeness (QED) is 0.870. The number of hydrogen-bond donors (Lipinski definition) is 1. The highest BCUT2D eigenvalue weighted by Crippen LogP contribution is 2.31. The Labute approximate surface area is 110 Å². The summed E-state index contributed by atoms with van der Waals surface area (Å²) in [4.78, 5) is 0.688. The number of thiophene rings is 1. The van der Waals surface area contributed by atoms with Gasteiger partial charge >= 0.3 is 0 Å². The number of benzene rings is 1. The van der Waals surface area contributed by atoms with Crippen LogP contribution < -0.4 is 0 Å². The van der Waals surface area contributed by atoms with Crippen molar-refractivity contribution in [3.8, 4) is 0 Å². The van der Waals surface area contributed by atoms with E-state index in [2.05, 4.69) is 15.9 Å². The lowest BCUT2D eigenvalue weighted by molar-refractivity contribution is 0.218. The molecule has 5 heteroatoms. The van der Waals surface area contributed by atoms with Crippen molar-refractivity contribution < 1.29 is 9.50 Å². The van der Waals surface area contributed by atoms with Crippen LogP contribution in [-0.4, -0.2) is 5.11 Å². The fourth-order valence-corrected chi connectivity index (χ4v) is 2.95. The Morgan fingerprint density at radius 2 is 2.12 bits per heavy atom. The third kappa shape index (κ3) is 2.46. The minimum atomic E-state index is -0.950. The van der Waals surface area contributed by atoms with Crippen LogP contribution in [-0.2, 0) is 0 Å². The Morgan fingerprint density at radius 1 is 1.38 bits per heavy atom. The van der Waals surface area contributed by atoms with E-state index in [4.69, 9.17) is 11.6 Å². The van der Waals surface area contributed by atoms with Crippen LogP contribution >= 0.6 is 38.9 Å². The molecule has 84 valence electrons. The van der Waals surface area contributed by atoms with Crippen molar-refractivity contribution in [2.75, 3.05) is 0 Å². The van der Waals surface area contributed by atoms with Gasteiger partial charge in [0.25, 0.3) is 0 Å². The van der Waals surface area contributed by atoms with Crippen molar-refractivity contribution in [1.82, 2.24) is 0 Å². The summed E-state index contributed by atoms with van der Waals surface area (Å²) in [5.74, 6) is -0.496. The number of aliphatic hydroxyl groups is 1. The van der Waals surface area contributed by atoms with Gasteiger partial charge in [0.05, 0.1) is 0 Å². The summed E-state index contributed by atoms with van der Waals surface area (Å²) in [6, 6.07) is 6.02. The molecule has 16 heavy (non-hydrogen) atoms. The average molecular weight is 322 g/mol. The zero-order valence-electron chi connectivity index (χ0n) is 7.95. The van der Waals surface area contributed by atoms with Crippen molar-refractivity contribution in [3.05, 3.63) is 55.4 Å². The Bertz CT molecular complexity index is 514. The van der Waals surface area contributed by atoms with Gasteiger partial charge in [0.1, 0.15) is 11.9 Å². The molecule has 0 bridgehead atoms. The van der Waals surface area contributed by atoms with Crippen LogP contribution in [0.1, 0.15) is 16.5 Å². The summed E-state index contributed by atoms with van der Waals surface area (Å²) >= 11 is 10.3. The molecular formula is C11H7BrClFOS. The summed E-state index contributed by atoms with van der Waals surface area (Å²) in [6.07, 6.45) is -0.950. The van der Waals surface area contributed by atoms with Crippen molar-refractivity contribution in [1.29, 1.82) is 0 Å². The summed E-state index contributed by atoms with van der Waals surface area (Å²) in [5, 5.41) is 12.1. The van der Waals surface area contributed by atoms with Crippen LogP contribution in [0.25, 0.3) is 0 Å². The third-order valence-corrected chi connectivity index (χ3v) is 4.10. The summed E-state index contributed by atoms with van der Waals surface area (Å²) in [7, 11) is 0. The Morgan fingerprint density at radius 3 is 2.69 bits per heavy atom. The van der Waals surface area contributed by atoms with Crippen LogP contribution in [0.15, 0.2) is 34.1 Å². The van der Waals surface area contributed by atoms with Gasteiger partial charge in [-0.25, -0.2) is 4.39 Å². The summed E-state index contributed by atoms with van der Waals surface area (Å²) < 4.78 is 14.4. The molecule has 1 atom stereocenters. The van der Waals surface area contributed by atoms with E-state index in [0.717, 1.165) is 4.47 Å². The van der Waals surface area contributed by atoms with Gasteiger partial charge < -0.3 is 5.11 Å². The zero-order chi connectivity index (χ0) is 11.7. The first-order valence-electron chi connectivity index (χ1n) is 4.45. The molecule has 1 N–H and O–H groups in total. The first kappa shape index (κ1) is 12.0. The smallest absolute Gasteiger partial charge is 0.130 e. The second-order valence-corrected chi connectivity index (χ2v) is 5.53. The fourth-order valence-electron chi connectivity index (χ4n) is 1.35. The number of hydrogen-bond acceptors (Lipinski definition) is 2. The first-order valence-corrected chi connectivity index (χ1v) is 6.50. The van der Waals surface area contributed by atoms with E-state index in [-0.39, 0.29) is 5.56 Å². The van der Waals surface area contributed by atoms with E-state index in [9.17, 15) is 9.50 Å². The van der Waals surface area contributed by atoms with Crippen molar-refractivity contribution in [2.24, 2.45) is 0 Å². The topological polar surface area (TPSA) is 20.2 Å². The molecule has 0 fully saturated rings. The van der Waals surface area contributed by atoms with E-state index in [1.54, 1.807) is 12.1 Å². The van der Waals surface area contributed by atoms with Crippen LogP contribution in [0, 0.1) is 5.82 Å². The SMILES string of the molecule is OC(c1cc(Br)cs1)c1ccc(Cl)cc1F. The molecule has 1 aromatic carbocycles. The standard InChI is InChI=1S/C11H7BrClFOS/c12-6-3-10(16-5-6)11(15)8-2-1-7(13)4-9(8)14/h1-5,11,15H. The highest BCUT2D eigenvalue weighted by Gasteiger charge is 2.16. The third-order valence-electron chi connectivity index (χ3n) is 2.11. The highest BCUT2D eigenvalue weighted by atomic mass is 79.9. The van der Waals surface area contributed by atoms with Crippen LogP contribution in [0.2, 0.25) is 5.02 Å². The van der Waals surface area contributed by atoms with Crippen LogP contribution in [0.3, 0.4) is 0 Å². The molecule has 0 radical (unpaired) electrons. The predicted octanol–water partition coefficient (Wildman–Crippen LogP) is 4.38. The maximum absolute atomic E-state index is 13.5. The van der Waals surface area contributed by atoms with Gasteiger partial charge in [0.2, 0.25) is 0 Å². The van der Waals surface area contributed by atoms with Gasteiger partial charge in [-0.3, -0.25) is 0 Å². The summed E-state index contributed by atoms with van der Waals surface area (Å²) in [6.45, 7) is 0. The van der Waals surface area contributed by atoms with Gasteiger partial charge in [0, 0.05) is 25.3 Å². The molecule has 0 spiro atoms. The second kappa shape index (κ2) is 4.84. The Balaban J connectivity index is 2.37. The maximum atomic E-state index is 13.5.